The van der Waals surface area contributed by atoms with Crippen LogP contribution in [0, 0.1) is 10.1 Å². The average Bonchev–Trinajstić information content (AvgIpc) is 3.38. The largest absolute Gasteiger partial charge is 0.339 e. The normalized spacial score (nSPS) is 11.7. The van der Waals surface area contributed by atoms with Crippen molar-refractivity contribution >= 4 is 11.6 Å². The molecule has 0 N–H and O–H groups in total. The van der Waals surface area contributed by atoms with Gasteiger partial charge < -0.3 is 9.42 Å². The summed E-state index contributed by atoms with van der Waals surface area (Å²) < 4.78 is 5.40. The second-order valence-corrected chi connectivity index (χ2v) is 8.23. The Morgan fingerprint density at radius 2 is 1.71 bits per heavy atom. The van der Waals surface area contributed by atoms with E-state index in [-0.39, 0.29) is 23.5 Å². The van der Waals surface area contributed by atoms with Crippen LogP contribution in [0.1, 0.15) is 36.4 Å². The van der Waals surface area contributed by atoms with Crippen LogP contribution in [-0.4, -0.2) is 32.4 Å². The molecular weight excluding hydrogens is 444 g/mol. The zero-order valence-electron chi connectivity index (χ0n) is 19.4. The molecule has 1 heterocycles. The van der Waals surface area contributed by atoms with Gasteiger partial charge in [-0.15, -0.1) is 0 Å². The summed E-state index contributed by atoms with van der Waals surface area (Å²) in [5, 5.41) is 15.0. The van der Waals surface area contributed by atoms with E-state index in [0.717, 1.165) is 11.1 Å². The third-order valence-corrected chi connectivity index (χ3v) is 5.89. The van der Waals surface area contributed by atoms with Gasteiger partial charge in [0.1, 0.15) is 0 Å². The molecule has 0 bridgehead atoms. The quantitative estimate of drug-likeness (QED) is 0.227. The van der Waals surface area contributed by atoms with E-state index in [0.29, 0.717) is 37.3 Å². The van der Waals surface area contributed by atoms with Crippen molar-refractivity contribution in [1.29, 1.82) is 0 Å². The van der Waals surface area contributed by atoms with E-state index in [1.807, 2.05) is 72.5 Å². The lowest BCUT2D eigenvalue weighted by molar-refractivity contribution is -0.384. The Labute approximate surface area is 203 Å². The maximum Gasteiger partial charge on any atom is 0.270 e. The molecule has 0 fully saturated rings. The number of hydrogen-bond donors (Lipinski definition) is 0. The number of rotatable bonds is 10. The number of nitro benzene ring substituents is 1. The predicted octanol–water partition coefficient (Wildman–Crippen LogP) is 5.41. The predicted molar refractivity (Wildman–Crippen MR) is 131 cm³/mol. The summed E-state index contributed by atoms with van der Waals surface area (Å²) in [6.45, 7) is 2.42. The van der Waals surface area contributed by atoms with E-state index in [1.54, 1.807) is 12.1 Å². The minimum atomic E-state index is -0.464. The van der Waals surface area contributed by atoms with Crippen molar-refractivity contribution in [2.24, 2.45) is 0 Å². The first-order valence-electron chi connectivity index (χ1n) is 11.5. The molecule has 0 aliphatic rings. The molecule has 1 amide bonds. The summed E-state index contributed by atoms with van der Waals surface area (Å²) in [4.78, 5) is 30.1. The highest BCUT2D eigenvalue weighted by atomic mass is 16.6. The smallest absolute Gasteiger partial charge is 0.270 e. The fourth-order valence-electron chi connectivity index (χ4n) is 3.93. The maximum atomic E-state index is 13.3. The van der Waals surface area contributed by atoms with Gasteiger partial charge in [0.25, 0.3) is 5.69 Å². The molecule has 4 aromatic rings. The number of carbonyl (C=O) groups excluding carboxylic acids is 1. The molecule has 0 saturated heterocycles. The SMILES string of the molecule is CC(c1ccccc1)N(CCc1nc(-c2cccc([N+](=O)[O-])c2)no1)C(=O)CCc1ccccc1. The highest BCUT2D eigenvalue weighted by Crippen LogP contribution is 2.24. The summed E-state index contributed by atoms with van der Waals surface area (Å²) in [6.07, 6.45) is 1.43. The Balaban J connectivity index is 1.47. The second-order valence-electron chi connectivity index (χ2n) is 8.23. The third-order valence-electron chi connectivity index (χ3n) is 5.89. The zero-order valence-corrected chi connectivity index (χ0v) is 19.4. The maximum absolute atomic E-state index is 13.3. The molecule has 0 saturated carbocycles. The Morgan fingerprint density at radius 1 is 1.00 bits per heavy atom. The molecular formula is C27H26N4O4. The Morgan fingerprint density at radius 3 is 2.43 bits per heavy atom. The Kier molecular flexibility index (Phi) is 7.62. The first-order valence-corrected chi connectivity index (χ1v) is 11.5. The summed E-state index contributed by atoms with van der Waals surface area (Å²) in [7, 11) is 0. The van der Waals surface area contributed by atoms with Gasteiger partial charge in [-0.05, 0) is 24.5 Å². The van der Waals surface area contributed by atoms with E-state index >= 15 is 0 Å². The van der Waals surface area contributed by atoms with Crippen molar-refractivity contribution in [3.8, 4) is 11.4 Å². The summed E-state index contributed by atoms with van der Waals surface area (Å²) in [5.41, 5.74) is 2.62. The third kappa shape index (κ3) is 6.17. The Hall–Kier alpha value is -4.33. The van der Waals surface area contributed by atoms with Gasteiger partial charge in [-0.1, -0.05) is 78.0 Å². The monoisotopic (exact) mass is 470 g/mol. The average molecular weight is 471 g/mol. The van der Waals surface area contributed by atoms with Gasteiger partial charge in [-0.2, -0.15) is 4.98 Å². The molecule has 8 heteroatoms. The first kappa shape index (κ1) is 23.8. The number of hydrogen-bond acceptors (Lipinski definition) is 6. The molecule has 1 atom stereocenters. The molecule has 8 nitrogen and oxygen atoms in total. The molecule has 0 spiro atoms. The van der Waals surface area contributed by atoms with E-state index < -0.39 is 4.92 Å². The summed E-state index contributed by atoms with van der Waals surface area (Å²) in [5.74, 6) is 0.693. The van der Waals surface area contributed by atoms with Crippen LogP contribution in [0.4, 0.5) is 5.69 Å². The zero-order chi connectivity index (χ0) is 24.6. The van der Waals surface area contributed by atoms with Gasteiger partial charge in [-0.25, -0.2) is 0 Å². The fourth-order valence-corrected chi connectivity index (χ4v) is 3.93. The number of nitrogens with zero attached hydrogens (tertiary/aromatic N) is 4. The van der Waals surface area contributed by atoms with E-state index in [9.17, 15) is 14.9 Å². The highest BCUT2D eigenvalue weighted by molar-refractivity contribution is 5.77. The number of carbonyl (C=O) groups is 1. The summed E-state index contributed by atoms with van der Waals surface area (Å²) >= 11 is 0. The molecule has 3 aromatic carbocycles. The highest BCUT2D eigenvalue weighted by Gasteiger charge is 2.22. The van der Waals surface area contributed by atoms with Crippen LogP contribution in [0.15, 0.2) is 89.5 Å². The van der Waals surface area contributed by atoms with Crippen LogP contribution < -0.4 is 0 Å². The molecule has 35 heavy (non-hydrogen) atoms. The van der Waals surface area contributed by atoms with Gasteiger partial charge in [-0.3, -0.25) is 14.9 Å². The van der Waals surface area contributed by atoms with Crippen molar-refractivity contribution in [3.63, 3.8) is 0 Å². The van der Waals surface area contributed by atoms with Crippen LogP contribution in [0.5, 0.6) is 0 Å². The number of non-ortho nitro benzene ring substituents is 1. The molecule has 1 unspecified atom stereocenters. The van der Waals surface area contributed by atoms with Gasteiger partial charge in [0.15, 0.2) is 0 Å². The van der Waals surface area contributed by atoms with E-state index in [4.69, 9.17) is 4.52 Å². The number of nitro groups is 1. The van der Waals surface area contributed by atoms with Crippen LogP contribution >= 0.6 is 0 Å². The van der Waals surface area contributed by atoms with Gasteiger partial charge in [0.05, 0.1) is 11.0 Å². The number of benzene rings is 3. The number of amides is 1. The topological polar surface area (TPSA) is 102 Å². The number of aromatic nitrogens is 2. The fraction of sp³-hybridized carbons (Fsp3) is 0.222. The molecule has 1 aromatic heterocycles. The van der Waals surface area contributed by atoms with E-state index in [2.05, 4.69) is 10.1 Å². The van der Waals surface area contributed by atoms with Crippen molar-refractivity contribution in [3.05, 3.63) is 112 Å². The van der Waals surface area contributed by atoms with Gasteiger partial charge >= 0.3 is 0 Å². The molecule has 0 aliphatic heterocycles. The lowest BCUT2D eigenvalue weighted by Crippen LogP contribution is -2.35. The standard InChI is InChI=1S/C27H26N4O4/c1-20(22-11-6-3-7-12-22)30(26(32)16-15-21-9-4-2-5-10-21)18-17-25-28-27(29-35-25)23-13-8-14-24(19-23)31(33)34/h2-14,19-20H,15-18H2,1H3. The van der Waals surface area contributed by atoms with Crippen LogP contribution in [0.2, 0.25) is 0 Å². The molecule has 0 aliphatic carbocycles. The molecule has 4 rings (SSSR count). The van der Waals surface area contributed by atoms with Crippen LogP contribution in [-0.2, 0) is 17.6 Å². The van der Waals surface area contributed by atoms with Crippen molar-refractivity contribution in [1.82, 2.24) is 15.0 Å². The second kappa shape index (κ2) is 11.2. The van der Waals surface area contributed by atoms with Crippen LogP contribution in [0.3, 0.4) is 0 Å². The minimum Gasteiger partial charge on any atom is -0.339 e. The minimum absolute atomic E-state index is 0.0410. The Bertz CT molecular complexity index is 1270. The molecule has 178 valence electrons. The molecule has 0 radical (unpaired) electrons. The summed E-state index contributed by atoms with van der Waals surface area (Å²) in [6, 6.07) is 25.8. The van der Waals surface area contributed by atoms with Gasteiger partial charge in [0.2, 0.25) is 17.6 Å². The van der Waals surface area contributed by atoms with Crippen molar-refractivity contribution < 1.29 is 14.2 Å². The van der Waals surface area contributed by atoms with Gasteiger partial charge in [0, 0.05) is 37.1 Å². The lowest BCUT2D eigenvalue weighted by atomic mass is 10.0. The first-order chi connectivity index (χ1) is 17.0. The van der Waals surface area contributed by atoms with Crippen LogP contribution in [0.25, 0.3) is 11.4 Å². The lowest BCUT2D eigenvalue weighted by Gasteiger charge is -2.29. The van der Waals surface area contributed by atoms with E-state index in [1.165, 1.54) is 12.1 Å². The van der Waals surface area contributed by atoms with Crippen molar-refractivity contribution in [2.75, 3.05) is 6.54 Å². The van der Waals surface area contributed by atoms with Crippen molar-refractivity contribution in [2.45, 2.75) is 32.2 Å². The number of aryl methyl sites for hydroxylation is 1.